The van der Waals surface area contributed by atoms with Gasteiger partial charge in [-0.25, -0.2) is 4.68 Å². The van der Waals surface area contributed by atoms with Gasteiger partial charge in [0.2, 0.25) is 0 Å². The summed E-state index contributed by atoms with van der Waals surface area (Å²) in [6.07, 6.45) is 0.771. The molecule has 0 radical (unpaired) electrons. The topological polar surface area (TPSA) is 27.1 Å². The summed E-state index contributed by atoms with van der Waals surface area (Å²) in [4.78, 5) is 0. The maximum atomic E-state index is 6.32. The highest BCUT2D eigenvalue weighted by molar-refractivity contribution is 6.36. The van der Waals surface area contributed by atoms with Crippen LogP contribution in [0.15, 0.2) is 18.2 Å². The Balaban J connectivity index is 2.14. The van der Waals surface area contributed by atoms with Crippen molar-refractivity contribution in [2.75, 3.05) is 6.61 Å². The quantitative estimate of drug-likeness (QED) is 0.799. The zero-order valence-electron chi connectivity index (χ0n) is 9.29. The van der Waals surface area contributed by atoms with Gasteiger partial charge in [-0.3, -0.25) is 0 Å². The minimum atomic E-state index is 0.499. The molecular weight excluding hydrogens is 295 g/mol. The van der Waals surface area contributed by atoms with Gasteiger partial charge in [0.1, 0.15) is 5.15 Å². The predicted octanol–water partition coefficient (Wildman–Crippen LogP) is 3.91. The van der Waals surface area contributed by atoms with Crippen molar-refractivity contribution >= 4 is 34.8 Å². The van der Waals surface area contributed by atoms with Gasteiger partial charge in [0.15, 0.2) is 0 Å². The molecule has 3 rings (SSSR count). The third kappa shape index (κ3) is 2.01. The maximum absolute atomic E-state index is 6.32. The van der Waals surface area contributed by atoms with E-state index in [1.54, 1.807) is 22.9 Å². The monoisotopic (exact) mass is 302 g/mol. The van der Waals surface area contributed by atoms with E-state index < -0.39 is 0 Å². The van der Waals surface area contributed by atoms with Gasteiger partial charge in [0, 0.05) is 17.0 Å². The Bertz CT molecular complexity index is 610. The van der Waals surface area contributed by atoms with Crippen molar-refractivity contribution in [3.63, 3.8) is 0 Å². The van der Waals surface area contributed by atoms with Crippen LogP contribution in [-0.2, 0) is 17.8 Å². The number of aromatic nitrogens is 2. The van der Waals surface area contributed by atoms with Crippen LogP contribution in [0.4, 0.5) is 0 Å². The number of hydrogen-bond donors (Lipinski definition) is 0. The molecule has 0 saturated heterocycles. The lowest BCUT2D eigenvalue weighted by Gasteiger charge is -2.09. The van der Waals surface area contributed by atoms with E-state index in [2.05, 4.69) is 5.10 Å². The van der Waals surface area contributed by atoms with Crippen LogP contribution in [0.1, 0.15) is 11.3 Å². The third-order valence-electron chi connectivity index (χ3n) is 2.87. The van der Waals surface area contributed by atoms with E-state index in [4.69, 9.17) is 39.5 Å². The van der Waals surface area contributed by atoms with Crippen molar-refractivity contribution in [3.05, 3.63) is 44.7 Å². The highest BCUT2D eigenvalue weighted by Gasteiger charge is 2.21. The zero-order chi connectivity index (χ0) is 12.7. The molecule has 0 atom stereocenters. The zero-order valence-corrected chi connectivity index (χ0v) is 11.6. The van der Waals surface area contributed by atoms with Gasteiger partial charge in [-0.2, -0.15) is 5.10 Å². The van der Waals surface area contributed by atoms with Gasteiger partial charge < -0.3 is 4.74 Å². The molecule has 0 fully saturated rings. The van der Waals surface area contributed by atoms with Crippen molar-refractivity contribution in [3.8, 4) is 5.69 Å². The minimum absolute atomic E-state index is 0.499. The summed E-state index contributed by atoms with van der Waals surface area (Å²) in [6, 6.07) is 5.23. The molecule has 0 bridgehead atoms. The molecule has 0 spiro atoms. The van der Waals surface area contributed by atoms with Crippen LogP contribution < -0.4 is 0 Å². The number of nitrogens with zero attached hydrogens (tertiary/aromatic N) is 2. The lowest BCUT2D eigenvalue weighted by atomic mass is 10.2. The molecule has 18 heavy (non-hydrogen) atoms. The molecule has 0 saturated carbocycles. The smallest absolute Gasteiger partial charge is 0.138 e. The molecule has 1 aromatic heterocycles. The second-order valence-electron chi connectivity index (χ2n) is 4.03. The molecule has 3 nitrogen and oxygen atoms in total. The van der Waals surface area contributed by atoms with Gasteiger partial charge in [-0.15, -0.1) is 0 Å². The lowest BCUT2D eigenvalue weighted by molar-refractivity contribution is 0.110. The summed E-state index contributed by atoms with van der Waals surface area (Å²) >= 11 is 18.4. The van der Waals surface area contributed by atoms with E-state index in [1.165, 1.54) is 0 Å². The van der Waals surface area contributed by atoms with Crippen LogP contribution in [0.3, 0.4) is 0 Å². The van der Waals surface area contributed by atoms with E-state index in [9.17, 15) is 0 Å². The first-order valence-corrected chi connectivity index (χ1v) is 6.59. The van der Waals surface area contributed by atoms with E-state index in [1.807, 2.05) is 0 Å². The third-order valence-corrected chi connectivity index (χ3v) is 3.80. The molecule has 1 aromatic carbocycles. The van der Waals surface area contributed by atoms with Gasteiger partial charge >= 0.3 is 0 Å². The van der Waals surface area contributed by atoms with Crippen molar-refractivity contribution in [2.45, 2.75) is 13.0 Å². The number of rotatable bonds is 1. The Kier molecular flexibility index (Phi) is 3.24. The number of hydrogen-bond acceptors (Lipinski definition) is 2. The summed E-state index contributed by atoms with van der Waals surface area (Å²) in [5.74, 6) is 0. The average Bonchev–Trinajstić information content (AvgIpc) is 2.68. The predicted molar refractivity (Wildman–Crippen MR) is 72.0 cm³/mol. The largest absolute Gasteiger partial charge is 0.376 e. The summed E-state index contributed by atoms with van der Waals surface area (Å²) in [5, 5.41) is 6.14. The second kappa shape index (κ2) is 4.74. The number of halogens is 3. The highest BCUT2D eigenvalue weighted by atomic mass is 35.5. The molecule has 1 aliphatic rings. The normalized spacial score (nSPS) is 14.6. The van der Waals surface area contributed by atoms with Gasteiger partial charge in [0.05, 0.1) is 29.6 Å². The van der Waals surface area contributed by atoms with Crippen LogP contribution in [0.2, 0.25) is 15.2 Å². The Morgan fingerprint density at radius 1 is 1.22 bits per heavy atom. The highest BCUT2D eigenvalue weighted by Crippen LogP contribution is 2.31. The standard InChI is InChI=1S/C12H9Cl3N2O/c13-7-1-2-11(9(14)5-7)17-12(15)8-6-18-4-3-10(8)16-17/h1-2,5H,3-4,6H2. The first kappa shape index (κ1) is 12.3. The molecule has 0 N–H and O–H groups in total. The fourth-order valence-corrected chi connectivity index (χ4v) is 2.75. The molecule has 1 aliphatic heterocycles. The Morgan fingerprint density at radius 3 is 2.78 bits per heavy atom. The summed E-state index contributed by atoms with van der Waals surface area (Å²) in [7, 11) is 0. The molecule has 0 aliphatic carbocycles. The van der Waals surface area contributed by atoms with Crippen LogP contribution >= 0.6 is 34.8 Å². The molecule has 94 valence electrons. The summed E-state index contributed by atoms with van der Waals surface area (Å²) in [6.45, 7) is 1.17. The van der Waals surface area contributed by atoms with Crippen molar-refractivity contribution < 1.29 is 4.74 Å². The summed E-state index contributed by atoms with van der Waals surface area (Å²) < 4.78 is 7.02. The fourth-order valence-electron chi connectivity index (χ4n) is 1.97. The first-order chi connectivity index (χ1) is 8.66. The summed E-state index contributed by atoms with van der Waals surface area (Å²) in [5.41, 5.74) is 2.63. The van der Waals surface area contributed by atoms with Crippen molar-refractivity contribution in [2.24, 2.45) is 0 Å². The van der Waals surface area contributed by atoms with Crippen LogP contribution in [0, 0.1) is 0 Å². The Labute approximate surface area is 119 Å². The fraction of sp³-hybridized carbons (Fsp3) is 0.250. The number of benzene rings is 1. The first-order valence-electron chi connectivity index (χ1n) is 5.46. The molecule has 0 amide bonds. The molecule has 2 aromatic rings. The molecular formula is C12H9Cl3N2O. The van der Waals surface area contributed by atoms with E-state index in [0.29, 0.717) is 28.4 Å². The average molecular weight is 304 g/mol. The Hall–Kier alpha value is -0.740. The van der Waals surface area contributed by atoms with Gasteiger partial charge in [-0.05, 0) is 18.2 Å². The van der Waals surface area contributed by atoms with E-state index in [0.717, 1.165) is 23.4 Å². The molecule has 6 heteroatoms. The van der Waals surface area contributed by atoms with Gasteiger partial charge in [0.25, 0.3) is 0 Å². The number of ether oxygens (including phenoxy) is 1. The number of fused-ring (bicyclic) bond motifs is 1. The SMILES string of the molecule is Clc1ccc(-n2nc3c(c2Cl)COCC3)c(Cl)c1. The molecule has 0 unspecified atom stereocenters. The second-order valence-corrected chi connectivity index (χ2v) is 5.23. The van der Waals surface area contributed by atoms with E-state index in [-0.39, 0.29) is 0 Å². The van der Waals surface area contributed by atoms with Crippen LogP contribution in [0.25, 0.3) is 5.69 Å². The van der Waals surface area contributed by atoms with E-state index >= 15 is 0 Å². The van der Waals surface area contributed by atoms with Crippen molar-refractivity contribution in [1.82, 2.24) is 9.78 Å². The van der Waals surface area contributed by atoms with Crippen LogP contribution in [-0.4, -0.2) is 16.4 Å². The lowest BCUT2D eigenvalue weighted by Crippen LogP contribution is -2.08. The van der Waals surface area contributed by atoms with Crippen molar-refractivity contribution in [1.29, 1.82) is 0 Å². The molecule has 2 heterocycles. The maximum Gasteiger partial charge on any atom is 0.138 e. The minimum Gasteiger partial charge on any atom is -0.376 e. The van der Waals surface area contributed by atoms with Crippen LogP contribution in [0.5, 0.6) is 0 Å². The Morgan fingerprint density at radius 2 is 2.06 bits per heavy atom. The van der Waals surface area contributed by atoms with Gasteiger partial charge in [-0.1, -0.05) is 34.8 Å².